The summed E-state index contributed by atoms with van der Waals surface area (Å²) in [7, 11) is 1.28. The van der Waals surface area contributed by atoms with E-state index in [4.69, 9.17) is 4.74 Å². The maximum absolute atomic E-state index is 12.5. The largest absolute Gasteiger partial charge is 0.482 e. The summed E-state index contributed by atoms with van der Waals surface area (Å²) in [6, 6.07) is 14.9. The zero-order valence-electron chi connectivity index (χ0n) is 14.0. The standard InChI is InChI=1S/C19H16N2O5/c1-25-17(22)12-26-15-9-7-13(8-10-15)11-16-18(23)21(19(24)20-16)14-5-3-2-4-6-14/h2-11H,12H2,1H3,(H,20,24)/b16-11+. The summed E-state index contributed by atoms with van der Waals surface area (Å²) in [5, 5.41) is 2.57. The Bertz CT molecular complexity index is 859. The average Bonchev–Trinajstić information content (AvgIpc) is 2.94. The molecule has 1 aliphatic rings. The van der Waals surface area contributed by atoms with Crippen LogP contribution in [0.5, 0.6) is 5.75 Å². The van der Waals surface area contributed by atoms with Crippen molar-refractivity contribution in [1.82, 2.24) is 5.32 Å². The van der Waals surface area contributed by atoms with Crippen molar-refractivity contribution < 1.29 is 23.9 Å². The number of ether oxygens (including phenoxy) is 2. The Morgan fingerprint density at radius 3 is 2.42 bits per heavy atom. The predicted molar refractivity (Wildman–Crippen MR) is 94.4 cm³/mol. The minimum Gasteiger partial charge on any atom is -0.482 e. The van der Waals surface area contributed by atoms with Gasteiger partial charge in [-0.05, 0) is 35.9 Å². The highest BCUT2D eigenvalue weighted by Gasteiger charge is 2.34. The molecule has 1 aliphatic heterocycles. The summed E-state index contributed by atoms with van der Waals surface area (Å²) in [6.07, 6.45) is 1.58. The number of benzene rings is 2. The van der Waals surface area contributed by atoms with Crippen molar-refractivity contribution in [3.63, 3.8) is 0 Å². The number of methoxy groups -OCH3 is 1. The minimum absolute atomic E-state index is 0.182. The molecule has 7 nitrogen and oxygen atoms in total. The predicted octanol–water partition coefficient (Wildman–Crippen LogP) is 2.34. The van der Waals surface area contributed by atoms with Crippen LogP contribution < -0.4 is 15.0 Å². The van der Waals surface area contributed by atoms with Gasteiger partial charge >= 0.3 is 12.0 Å². The molecule has 0 saturated carbocycles. The van der Waals surface area contributed by atoms with Gasteiger partial charge in [0.2, 0.25) is 0 Å². The van der Waals surface area contributed by atoms with Crippen molar-refractivity contribution in [2.45, 2.75) is 0 Å². The summed E-state index contributed by atoms with van der Waals surface area (Å²) in [5.41, 5.74) is 1.39. The topological polar surface area (TPSA) is 84.9 Å². The van der Waals surface area contributed by atoms with Gasteiger partial charge in [0, 0.05) is 0 Å². The van der Waals surface area contributed by atoms with Crippen LogP contribution in [0.3, 0.4) is 0 Å². The molecule has 26 heavy (non-hydrogen) atoms. The lowest BCUT2D eigenvalue weighted by atomic mass is 10.2. The van der Waals surface area contributed by atoms with E-state index in [0.717, 1.165) is 4.90 Å². The first-order chi connectivity index (χ1) is 12.6. The lowest BCUT2D eigenvalue weighted by Crippen LogP contribution is -2.30. The number of hydrogen-bond donors (Lipinski definition) is 1. The molecular weight excluding hydrogens is 336 g/mol. The van der Waals surface area contributed by atoms with E-state index in [2.05, 4.69) is 10.1 Å². The van der Waals surface area contributed by atoms with Gasteiger partial charge in [0.15, 0.2) is 6.61 Å². The van der Waals surface area contributed by atoms with Crippen molar-refractivity contribution >= 4 is 29.7 Å². The lowest BCUT2D eigenvalue weighted by molar-refractivity contribution is -0.142. The van der Waals surface area contributed by atoms with Crippen LogP contribution in [-0.2, 0) is 14.3 Å². The van der Waals surface area contributed by atoms with Crippen molar-refractivity contribution in [2.24, 2.45) is 0 Å². The van der Waals surface area contributed by atoms with E-state index in [1.807, 2.05) is 6.07 Å². The highest BCUT2D eigenvalue weighted by atomic mass is 16.6. The number of rotatable bonds is 5. The summed E-state index contributed by atoms with van der Waals surface area (Å²) in [5.74, 6) is -0.408. The summed E-state index contributed by atoms with van der Waals surface area (Å²) in [6.45, 7) is -0.183. The number of hydrogen-bond acceptors (Lipinski definition) is 5. The zero-order chi connectivity index (χ0) is 18.5. The molecule has 1 N–H and O–H groups in total. The Labute approximate surface area is 149 Å². The van der Waals surface area contributed by atoms with Crippen molar-refractivity contribution in [2.75, 3.05) is 18.6 Å². The monoisotopic (exact) mass is 352 g/mol. The third kappa shape index (κ3) is 3.72. The second-order valence-corrected chi connectivity index (χ2v) is 5.40. The molecule has 1 heterocycles. The van der Waals surface area contributed by atoms with Crippen molar-refractivity contribution in [1.29, 1.82) is 0 Å². The van der Waals surface area contributed by atoms with Crippen LogP contribution in [0, 0.1) is 0 Å². The lowest BCUT2D eigenvalue weighted by Gasteiger charge is -2.10. The van der Waals surface area contributed by atoms with Gasteiger partial charge in [0.05, 0.1) is 12.8 Å². The third-order valence-electron chi connectivity index (χ3n) is 3.67. The van der Waals surface area contributed by atoms with Crippen LogP contribution in [-0.4, -0.2) is 31.6 Å². The van der Waals surface area contributed by atoms with Crippen LogP contribution in [0.1, 0.15) is 5.56 Å². The first-order valence-electron chi connectivity index (χ1n) is 7.80. The van der Waals surface area contributed by atoms with Gasteiger partial charge in [0.25, 0.3) is 5.91 Å². The number of carbonyl (C=O) groups is 3. The van der Waals surface area contributed by atoms with E-state index in [0.29, 0.717) is 17.0 Å². The highest BCUT2D eigenvalue weighted by molar-refractivity contribution is 6.28. The first-order valence-corrected chi connectivity index (χ1v) is 7.80. The average molecular weight is 352 g/mol. The van der Waals surface area contributed by atoms with Gasteiger partial charge in [-0.1, -0.05) is 30.3 Å². The molecule has 0 unspecified atom stereocenters. The Kier molecular flexibility index (Phi) is 4.98. The number of imide groups is 1. The second kappa shape index (κ2) is 7.52. The second-order valence-electron chi connectivity index (χ2n) is 5.40. The number of anilines is 1. The molecule has 7 heteroatoms. The molecule has 0 atom stereocenters. The van der Waals surface area contributed by atoms with Gasteiger partial charge in [-0.15, -0.1) is 0 Å². The van der Waals surface area contributed by atoms with Crippen molar-refractivity contribution in [3.8, 4) is 5.75 Å². The SMILES string of the molecule is COC(=O)COc1ccc(/C=C2/NC(=O)N(c3ccccc3)C2=O)cc1. The fraction of sp³-hybridized carbons (Fsp3) is 0.105. The number of carbonyl (C=O) groups excluding carboxylic acids is 3. The van der Waals surface area contributed by atoms with Gasteiger partial charge in [-0.2, -0.15) is 0 Å². The van der Waals surface area contributed by atoms with E-state index in [1.54, 1.807) is 54.6 Å². The molecule has 0 aromatic heterocycles. The number of para-hydroxylation sites is 1. The third-order valence-corrected chi connectivity index (χ3v) is 3.67. The first kappa shape index (κ1) is 17.2. The van der Waals surface area contributed by atoms with Gasteiger partial charge in [0.1, 0.15) is 11.4 Å². The van der Waals surface area contributed by atoms with Crippen molar-refractivity contribution in [3.05, 3.63) is 65.9 Å². The Balaban J connectivity index is 1.73. The number of nitrogens with one attached hydrogen (secondary N) is 1. The van der Waals surface area contributed by atoms with E-state index < -0.39 is 17.9 Å². The Morgan fingerprint density at radius 2 is 1.77 bits per heavy atom. The molecule has 3 rings (SSSR count). The molecule has 0 radical (unpaired) electrons. The number of esters is 1. The fourth-order valence-corrected chi connectivity index (χ4v) is 2.37. The molecule has 2 aromatic carbocycles. The fourth-order valence-electron chi connectivity index (χ4n) is 2.37. The summed E-state index contributed by atoms with van der Waals surface area (Å²) >= 11 is 0. The Hall–Kier alpha value is -3.61. The van der Waals surface area contributed by atoms with E-state index in [-0.39, 0.29) is 12.3 Å². The van der Waals surface area contributed by atoms with E-state index in [9.17, 15) is 14.4 Å². The highest BCUT2D eigenvalue weighted by Crippen LogP contribution is 2.22. The molecule has 1 fully saturated rings. The van der Waals surface area contributed by atoms with Crippen LogP contribution in [0.4, 0.5) is 10.5 Å². The van der Waals surface area contributed by atoms with E-state index in [1.165, 1.54) is 7.11 Å². The smallest absolute Gasteiger partial charge is 0.343 e. The quantitative estimate of drug-likeness (QED) is 0.507. The number of urea groups is 1. The van der Waals surface area contributed by atoms with Gasteiger partial charge < -0.3 is 14.8 Å². The molecular formula is C19H16N2O5. The summed E-state index contributed by atoms with van der Waals surface area (Å²) in [4.78, 5) is 36.7. The molecule has 132 valence electrons. The maximum atomic E-state index is 12.5. The van der Waals surface area contributed by atoms with Crippen LogP contribution in [0.2, 0.25) is 0 Å². The molecule has 3 amide bonds. The molecule has 1 saturated heterocycles. The molecule has 0 spiro atoms. The zero-order valence-corrected chi connectivity index (χ0v) is 14.0. The minimum atomic E-state index is -0.495. The molecule has 0 bridgehead atoms. The molecule has 0 aliphatic carbocycles. The summed E-state index contributed by atoms with van der Waals surface area (Å²) < 4.78 is 9.75. The van der Waals surface area contributed by atoms with Crippen LogP contribution in [0.15, 0.2) is 60.3 Å². The van der Waals surface area contributed by atoms with Gasteiger partial charge in [-0.3, -0.25) is 4.79 Å². The number of nitrogens with zero attached hydrogens (tertiary/aromatic N) is 1. The number of amides is 3. The van der Waals surface area contributed by atoms with Crippen LogP contribution in [0.25, 0.3) is 6.08 Å². The van der Waals surface area contributed by atoms with E-state index >= 15 is 0 Å². The molecule has 2 aromatic rings. The van der Waals surface area contributed by atoms with Gasteiger partial charge in [-0.25, -0.2) is 14.5 Å². The normalized spacial score (nSPS) is 15.1. The van der Waals surface area contributed by atoms with Crippen LogP contribution >= 0.6 is 0 Å². The maximum Gasteiger partial charge on any atom is 0.343 e. The Morgan fingerprint density at radius 1 is 1.08 bits per heavy atom.